The smallest absolute Gasteiger partial charge is 0.224 e. The Hall–Kier alpha value is -1.40. The van der Waals surface area contributed by atoms with Gasteiger partial charge in [0, 0.05) is 45.3 Å². The summed E-state index contributed by atoms with van der Waals surface area (Å²) in [5.41, 5.74) is 0.996. The Morgan fingerprint density at radius 3 is 2.86 bits per heavy atom. The molecule has 0 unspecified atom stereocenters. The van der Waals surface area contributed by atoms with E-state index in [-0.39, 0.29) is 5.91 Å². The number of rotatable bonds is 4. The van der Waals surface area contributed by atoms with Crippen molar-refractivity contribution in [1.82, 2.24) is 19.6 Å². The highest BCUT2D eigenvalue weighted by atomic mass is 16.5. The first-order chi connectivity index (χ1) is 10.2. The van der Waals surface area contributed by atoms with E-state index in [1.165, 1.54) is 0 Å². The minimum atomic E-state index is 0.245. The maximum absolute atomic E-state index is 12.3. The first-order valence-corrected chi connectivity index (χ1v) is 7.82. The van der Waals surface area contributed by atoms with Crippen LogP contribution in [0.4, 0.5) is 0 Å². The summed E-state index contributed by atoms with van der Waals surface area (Å²) in [6.07, 6.45) is 3.53. The number of aromatic nitrogens is 2. The maximum atomic E-state index is 12.3. The van der Waals surface area contributed by atoms with E-state index in [2.05, 4.69) is 10.00 Å². The van der Waals surface area contributed by atoms with Gasteiger partial charge in [-0.25, -0.2) is 0 Å². The Morgan fingerprint density at radius 1 is 1.33 bits per heavy atom. The van der Waals surface area contributed by atoms with Crippen molar-refractivity contribution in [2.24, 2.45) is 0 Å². The highest BCUT2D eigenvalue weighted by molar-refractivity contribution is 5.76. The van der Waals surface area contributed by atoms with Gasteiger partial charge in [0.05, 0.1) is 24.9 Å². The third kappa shape index (κ3) is 3.63. The summed E-state index contributed by atoms with van der Waals surface area (Å²) in [6.45, 7) is 8.11. The van der Waals surface area contributed by atoms with Gasteiger partial charge in [0.25, 0.3) is 0 Å². The zero-order chi connectivity index (χ0) is 14.7. The number of aryl methyl sites for hydroxylation is 2. The van der Waals surface area contributed by atoms with E-state index in [9.17, 15) is 4.79 Å². The molecule has 2 saturated heterocycles. The molecule has 6 nitrogen and oxygen atoms in total. The number of carbonyl (C=O) groups is 1. The standard InChI is InChI=1S/C15H24N4O2/c1-13-3-7-19(16-13)8-4-15(20)18-6-2-5-17(9-10-18)14-11-21-12-14/h3,7,14H,2,4-6,8-12H2,1H3. The molecule has 0 aliphatic carbocycles. The molecular formula is C15H24N4O2. The largest absolute Gasteiger partial charge is 0.378 e. The Kier molecular flexibility index (Phi) is 4.55. The van der Waals surface area contributed by atoms with Crippen LogP contribution >= 0.6 is 0 Å². The molecule has 0 aromatic carbocycles. The summed E-state index contributed by atoms with van der Waals surface area (Å²) in [4.78, 5) is 16.8. The molecule has 2 aliphatic heterocycles. The van der Waals surface area contributed by atoms with Gasteiger partial charge in [0.2, 0.25) is 5.91 Å². The number of hydrogen-bond acceptors (Lipinski definition) is 4. The zero-order valence-electron chi connectivity index (χ0n) is 12.7. The molecule has 116 valence electrons. The van der Waals surface area contributed by atoms with Crippen molar-refractivity contribution in [3.8, 4) is 0 Å². The number of amides is 1. The minimum Gasteiger partial charge on any atom is -0.378 e. The number of ether oxygens (including phenoxy) is 1. The van der Waals surface area contributed by atoms with Crippen LogP contribution in [-0.2, 0) is 16.1 Å². The molecule has 3 heterocycles. The monoisotopic (exact) mass is 292 g/mol. The number of nitrogens with zero attached hydrogens (tertiary/aromatic N) is 4. The lowest BCUT2D eigenvalue weighted by molar-refractivity contribution is -0.131. The van der Waals surface area contributed by atoms with E-state index >= 15 is 0 Å². The zero-order valence-corrected chi connectivity index (χ0v) is 12.7. The van der Waals surface area contributed by atoms with E-state index in [1.807, 2.05) is 28.8 Å². The Morgan fingerprint density at radius 2 is 2.19 bits per heavy atom. The fourth-order valence-corrected chi connectivity index (χ4v) is 2.94. The molecule has 0 spiro atoms. The topological polar surface area (TPSA) is 50.6 Å². The van der Waals surface area contributed by atoms with Gasteiger partial charge in [0.15, 0.2) is 0 Å². The van der Waals surface area contributed by atoms with E-state index in [0.29, 0.717) is 19.0 Å². The van der Waals surface area contributed by atoms with Crippen LogP contribution in [0.2, 0.25) is 0 Å². The van der Waals surface area contributed by atoms with E-state index in [0.717, 1.165) is 51.5 Å². The van der Waals surface area contributed by atoms with Crippen LogP contribution in [0.15, 0.2) is 12.3 Å². The molecule has 2 aliphatic rings. The molecule has 0 atom stereocenters. The molecule has 0 saturated carbocycles. The Labute approximate surface area is 125 Å². The van der Waals surface area contributed by atoms with Crippen LogP contribution in [-0.4, -0.2) is 70.9 Å². The van der Waals surface area contributed by atoms with Crippen LogP contribution in [0.1, 0.15) is 18.5 Å². The lowest BCUT2D eigenvalue weighted by Gasteiger charge is -2.36. The van der Waals surface area contributed by atoms with Gasteiger partial charge < -0.3 is 9.64 Å². The van der Waals surface area contributed by atoms with Crippen LogP contribution < -0.4 is 0 Å². The SMILES string of the molecule is Cc1ccn(CCC(=O)N2CCCN(C3COC3)CC2)n1. The van der Waals surface area contributed by atoms with Crippen LogP contribution in [0, 0.1) is 6.92 Å². The summed E-state index contributed by atoms with van der Waals surface area (Å²) < 4.78 is 7.11. The summed E-state index contributed by atoms with van der Waals surface area (Å²) in [7, 11) is 0. The first kappa shape index (κ1) is 14.5. The molecule has 1 amide bonds. The van der Waals surface area contributed by atoms with Gasteiger partial charge in [-0.1, -0.05) is 0 Å². The van der Waals surface area contributed by atoms with Gasteiger partial charge in [0.1, 0.15) is 0 Å². The minimum absolute atomic E-state index is 0.245. The molecule has 21 heavy (non-hydrogen) atoms. The summed E-state index contributed by atoms with van der Waals surface area (Å²) in [5.74, 6) is 0.245. The third-order valence-corrected chi connectivity index (χ3v) is 4.35. The third-order valence-electron chi connectivity index (χ3n) is 4.35. The van der Waals surface area contributed by atoms with Crippen molar-refractivity contribution in [2.75, 3.05) is 39.4 Å². The molecule has 0 radical (unpaired) electrons. The second kappa shape index (κ2) is 6.58. The lowest BCUT2D eigenvalue weighted by atomic mass is 10.2. The van der Waals surface area contributed by atoms with E-state index in [4.69, 9.17) is 4.74 Å². The average molecular weight is 292 g/mol. The second-order valence-electron chi connectivity index (χ2n) is 5.93. The second-order valence-corrected chi connectivity index (χ2v) is 5.93. The maximum Gasteiger partial charge on any atom is 0.224 e. The average Bonchev–Trinajstić information content (AvgIpc) is 2.68. The molecular weight excluding hydrogens is 268 g/mol. The normalized spacial score (nSPS) is 21.1. The van der Waals surface area contributed by atoms with Gasteiger partial charge in [-0.2, -0.15) is 5.10 Å². The first-order valence-electron chi connectivity index (χ1n) is 7.82. The summed E-state index contributed by atoms with van der Waals surface area (Å²) in [5, 5.41) is 4.32. The Balaban J connectivity index is 1.46. The Bertz CT molecular complexity index is 484. The molecule has 6 heteroatoms. The quantitative estimate of drug-likeness (QED) is 0.811. The summed E-state index contributed by atoms with van der Waals surface area (Å²) in [6, 6.07) is 2.54. The van der Waals surface area contributed by atoms with Gasteiger partial charge in [-0.15, -0.1) is 0 Å². The molecule has 0 N–H and O–H groups in total. The van der Waals surface area contributed by atoms with E-state index in [1.54, 1.807) is 0 Å². The molecule has 1 aromatic rings. The van der Waals surface area contributed by atoms with Crippen LogP contribution in [0.3, 0.4) is 0 Å². The highest BCUT2D eigenvalue weighted by Crippen LogP contribution is 2.14. The van der Waals surface area contributed by atoms with E-state index < -0.39 is 0 Å². The van der Waals surface area contributed by atoms with Gasteiger partial charge >= 0.3 is 0 Å². The van der Waals surface area contributed by atoms with Crippen LogP contribution in [0.25, 0.3) is 0 Å². The fourth-order valence-electron chi connectivity index (χ4n) is 2.94. The van der Waals surface area contributed by atoms with Crippen molar-refractivity contribution in [3.63, 3.8) is 0 Å². The van der Waals surface area contributed by atoms with Crippen molar-refractivity contribution >= 4 is 5.91 Å². The fraction of sp³-hybridized carbons (Fsp3) is 0.733. The van der Waals surface area contributed by atoms with Crippen molar-refractivity contribution in [1.29, 1.82) is 0 Å². The predicted octanol–water partition coefficient (Wildman–Crippen LogP) is 0.515. The lowest BCUT2D eigenvalue weighted by Crippen LogP contribution is -2.50. The molecule has 1 aromatic heterocycles. The number of hydrogen-bond donors (Lipinski definition) is 0. The molecule has 2 fully saturated rings. The van der Waals surface area contributed by atoms with Crippen molar-refractivity contribution in [3.05, 3.63) is 18.0 Å². The van der Waals surface area contributed by atoms with Crippen molar-refractivity contribution < 1.29 is 9.53 Å². The van der Waals surface area contributed by atoms with Gasteiger partial charge in [-0.3, -0.25) is 14.4 Å². The molecule has 3 rings (SSSR count). The van der Waals surface area contributed by atoms with Crippen molar-refractivity contribution in [2.45, 2.75) is 32.4 Å². The van der Waals surface area contributed by atoms with Gasteiger partial charge in [-0.05, 0) is 19.4 Å². The highest BCUT2D eigenvalue weighted by Gasteiger charge is 2.28. The number of carbonyl (C=O) groups excluding carboxylic acids is 1. The molecule has 0 bridgehead atoms. The summed E-state index contributed by atoms with van der Waals surface area (Å²) >= 11 is 0. The predicted molar refractivity (Wildman–Crippen MR) is 79.0 cm³/mol. The van der Waals surface area contributed by atoms with Crippen LogP contribution in [0.5, 0.6) is 0 Å².